The lowest BCUT2D eigenvalue weighted by molar-refractivity contribution is 0.0697. The van der Waals surface area contributed by atoms with Gasteiger partial charge in [-0.3, -0.25) is 9.59 Å². The van der Waals surface area contributed by atoms with Gasteiger partial charge in [-0.2, -0.15) is 4.98 Å². The van der Waals surface area contributed by atoms with Gasteiger partial charge in [-0.1, -0.05) is 37.2 Å². The first-order valence-corrected chi connectivity index (χ1v) is 10.1. The van der Waals surface area contributed by atoms with Crippen LogP contribution in [-0.4, -0.2) is 38.6 Å². The Balaban J connectivity index is 1.60. The molecule has 0 spiro atoms. The molecule has 1 aromatic carbocycles. The van der Waals surface area contributed by atoms with Gasteiger partial charge in [-0.25, -0.2) is 0 Å². The van der Waals surface area contributed by atoms with Crippen LogP contribution in [0.15, 0.2) is 39.6 Å². The number of likely N-dealkylation sites (tertiary alicyclic amines) is 1. The predicted octanol–water partition coefficient (Wildman–Crippen LogP) is 3.14. The summed E-state index contributed by atoms with van der Waals surface area (Å²) >= 11 is 0. The number of aromatic nitrogens is 3. The molecule has 4 rings (SSSR count). The summed E-state index contributed by atoms with van der Waals surface area (Å²) in [6, 6.07) is 8.96. The number of amides is 1. The molecule has 2 aromatic heterocycles. The van der Waals surface area contributed by atoms with Crippen LogP contribution >= 0.6 is 0 Å². The maximum atomic E-state index is 13.3. The Bertz CT molecular complexity index is 1100. The van der Waals surface area contributed by atoms with Gasteiger partial charge in [-0.05, 0) is 24.8 Å². The second-order valence-electron chi connectivity index (χ2n) is 8.21. The average molecular weight is 394 g/mol. The lowest BCUT2D eigenvalue weighted by Crippen LogP contribution is -2.39. The third kappa shape index (κ3) is 3.81. The zero-order valence-electron chi connectivity index (χ0n) is 17.1. The summed E-state index contributed by atoms with van der Waals surface area (Å²) in [6.07, 6.45) is 2.55. The third-order valence-corrected chi connectivity index (χ3v) is 5.52. The van der Waals surface area contributed by atoms with E-state index in [-0.39, 0.29) is 17.4 Å². The lowest BCUT2D eigenvalue weighted by atomic mass is 9.96. The summed E-state index contributed by atoms with van der Waals surface area (Å²) in [4.78, 5) is 32.0. The summed E-state index contributed by atoms with van der Waals surface area (Å²) in [7, 11) is 1.72. The number of carbonyl (C=O) groups excluding carboxylic acids is 1. The Morgan fingerprint density at radius 1 is 1.31 bits per heavy atom. The number of benzene rings is 1. The van der Waals surface area contributed by atoms with Gasteiger partial charge in [0.15, 0.2) is 5.82 Å². The van der Waals surface area contributed by atoms with E-state index < -0.39 is 0 Å². The van der Waals surface area contributed by atoms with Crippen molar-refractivity contribution in [1.82, 2.24) is 19.6 Å². The van der Waals surface area contributed by atoms with Crippen LogP contribution in [-0.2, 0) is 13.5 Å². The molecule has 0 saturated carbocycles. The van der Waals surface area contributed by atoms with Gasteiger partial charge < -0.3 is 14.0 Å². The van der Waals surface area contributed by atoms with E-state index in [1.807, 2.05) is 29.2 Å². The SMILES string of the molecule is CC(C)Cc1noc(C2CCCN(C(=O)c3cc(=O)n(C)c4ccccc34)C2)n1. The first-order chi connectivity index (χ1) is 13.9. The van der Waals surface area contributed by atoms with Crippen LogP contribution in [0.4, 0.5) is 0 Å². The van der Waals surface area contributed by atoms with E-state index in [4.69, 9.17) is 4.52 Å². The molecule has 3 aromatic rings. The van der Waals surface area contributed by atoms with Gasteiger partial charge in [0, 0.05) is 38.0 Å². The number of carbonyl (C=O) groups is 1. The molecule has 7 heteroatoms. The minimum Gasteiger partial charge on any atom is -0.339 e. The molecule has 3 heterocycles. The summed E-state index contributed by atoms with van der Waals surface area (Å²) in [5.41, 5.74) is 1.03. The van der Waals surface area contributed by atoms with E-state index >= 15 is 0 Å². The fourth-order valence-corrected chi connectivity index (χ4v) is 4.00. The number of rotatable bonds is 4. The molecule has 0 bridgehead atoms. The van der Waals surface area contributed by atoms with Crippen molar-refractivity contribution in [2.24, 2.45) is 13.0 Å². The first kappa shape index (κ1) is 19.4. The Kier molecular flexibility index (Phi) is 5.22. The van der Waals surface area contributed by atoms with E-state index in [9.17, 15) is 9.59 Å². The van der Waals surface area contributed by atoms with Gasteiger partial charge >= 0.3 is 0 Å². The normalized spacial score (nSPS) is 17.2. The van der Waals surface area contributed by atoms with Gasteiger partial charge in [0.05, 0.1) is 17.0 Å². The summed E-state index contributed by atoms with van der Waals surface area (Å²) in [5, 5.41) is 4.88. The number of pyridine rings is 1. The van der Waals surface area contributed by atoms with Crippen molar-refractivity contribution in [2.45, 2.75) is 39.0 Å². The number of hydrogen-bond donors (Lipinski definition) is 0. The lowest BCUT2D eigenvalue weighted by Gasteiger charge is -2.31. The molecule has 1 fully saturated rings. The number of nitrogens with zero attached hydrogens (tertiary/aromatic N) is 4. The highest BCUT2D eigenvalue weighted by Gasteiger charge is 2.30. The fourth-order valence-electron chi connectivity index (χ4n) is 4.00. The Morgan fingerprint density at radius 3 is 2.90 bits per heavy atom. The topological polar surface area (TPSA) is 81.2 Å². The van der Waals surface area contributed by atoms with E-state index in [2.05, 4.69) is 24.0 Å². The van der Waals surface area contributed by atoms with Crippen LogP contribution in [0, 0.1) is 5.92 Å². The summed E-state index contributed by atoms with van der Waals surface area (Å²) in [5.74, 6) is 1.69. The van der Waals surface area contributed by atoms with Crippen LogP contribution in [0.5, 0.6) is 0 Å². The molecule has 0 N–H and O–H groups in total. The first-order valence-electron chi connectivity index (χ1n) is 10.1. The molecule has 29 heavy (non-hydrogen) atoms. The predicted molar refractivity (Wildman–Crippen MR) is 110 cm³/mol. The second kappa shape index (κ2) is 7.81. The van der Waals surface area contributed by atoms with Crippen LogP contribution in [0.25, 0.3) is 10.9 Å². The van der Waals surface area contributed by atoms with E-state index in [0.29, 0.717) is 30.5 Å². The highest BCUT2D eigenvalue weighted by atomic mass is 16.5. The smallest absolute Gasteiger partial charge is 0.254 e. The summed E-state index contributed by atoms with van der Waals surface area (Å²) < 4.78 is 7.06. The molecule has 1 amide bonds. The molecule has 0 radical (unpaired) electrons. The summed E-state index contributed by atoms with van der Waals surface area (Å²) in [6.45, 7) is 5.41. The minimum atomic E-state index is -0.184. The second-order valence-corrected chi connectivity index (χ2v) is 8.21. The quantitative estimate of drug-likeness (QED) is 0.679. The molecule has 7 nitrogen and oxygen atoms in total. The zero-order chi connectivity index (χ0) is 20.5. The monoisotopic (exact) mass is 394 g/mol. The van der Waals surface area contributed by atoms with Crippen LogP contribution in [0.2, 0.25) is 0 Å². The molecule has 1 aliphatic rings. The number of aryl methyl sites for hydroxylation is 1. The Hall–Kier alpha value is -2.96. The van der Waals surface area contributed by atoms with Gasteiger partial charge in [0.25, 0.3) is 11.5 Å². The van der Waals surface area contributed by atoms with Crippen LogP contribution < -0.4 is 5.56 Å². The molecular weight excluding hydrogens is 368 g/mol. The molecular formula is C22H26N4O3. The van der Waals surface area contributed by atoms with Crippen molar-refractivity contribution in [3.63, 3.8) is 0 Å². The van der Waals surface area contributed by atoms with Crippen LogP contribution in [0.3, 0.4) is 0 Å². The van der Waals surface area contributed by atoms with Crippen molar-refractivity contribution in [1.29, 1.82) is 0 Å². The molecule has 1 unspecified atom stereocenters. The Morgan fingerprint density at radius 2 is 2.10 bits per heavy atom. The van der Waals surface area contributed by atoms with E-state index in [1.165, 1.54) is 6.07 Å². The molecule has 1 saturated heterocycles. The average Bonchev–Trinajstić information content (AvgIpc) is 3.18. The van der Waals surface area contributed by atoms with Crippen LogP contribution in [0.1, 0.15) is 54.7 Å². The highest BCUT2D eigenvalue weighted by Crippen LogP contribution is 2.28. The zero-order valence-corrected chi connectivity index (χ0v) is 17.1. The fraction of sp³-hybridized carbons (Fsp3) is 0.455. The number of para-hydroxylation sites is 1. The number of fused-ring (bicyclic) bond motifs is 1. The van der Waals surface area contributed by atoms with Crippen molar-refractivity contribution in [2.75, 3.05) is 13.1 Å². The highest BCUT2D eigenvalue weighted by molar-refractivity contribution is 6.06. The van der Waals surface area contributed by atoms with Crippen molar-refractivity contribution in [3.05, 3.63) is 58.0 Å². The van der Waals surface area contributed by atoms with Crippen molar-refractivity contribution < 1.29 is 9.32 Å². The van der Waals surface area contributed by atoms with Gasteiger partial charge in [0.2, 0.25) is 5.89 Å². The van der Waals surface area contributed by atoms with Gasteiger partial charge in [-0.15, -0.1) is 0 Å². The van der Waals surface area contributed by atoms with E-state index in [0.717, 1.165) is 36.0 Å². The molecule has 0 aliphatic carbocycles. The largest absolute Gasteiger partial charge is 0.339 e. The van der Waals surface area contributed by atoms with E-state index in [1.54, 1.807) is 11.6 Å². The maximum absolute atomic E-state index is 13.3. The molecule has 1 atom stereocenters. The third-order valence-electron chi connectivity index (χ3n) is 5.52. The number of hydrogen-bond acceptors (Lipinski definition) is 5. The number of piperidine rings is 1. The van der Waals surface area contributed by atoms with Crippen molar-refractivity contribution in [3.8, 4) is 0 Å². The standard InChI is InChI=1S/C22H26N4O3/c1-14(2)11-19-23-21(29-24-19)15-7-6-10-26(13-15)22(28)17-12-20(27)25(3)18-9-5-4-8-16(17)18/h4-5,8-9,12,14-15H,6-7,10-11,13H2,1-3H3. The molecule has 1 aliphatic heterocycles. The molecule has 152 valence electrons. The van der Waals surface area contributed by atoms with Gasteiger partial charge in [0.1, 0.15) is 0 Å². The Labute approximate surface area is 169 Å². The minimum absolute atomic E-state index is 0.0268. The maximum Gasteiger partial charge on any atom is 0.254 e. The van der Waals surface area contributed by atoms with Crippen molar-refractivity contribution >= 4 is 16.8 Å².